The van der Waals surface area contributed by atoms with E-state index >= 15 is 0 Å². The summed E-state index contributed by atoms with van der Waals surface area (Å²) < 4.78 is 63.5. The predicted octanol–water partition coefficient (Wildman–Crippen LogP) is 3.88. The number of benzene rings is 1. The van der Waals surface area contributed by atoms with Gasteiger partial charge in [-0.25, -0.2) is 9.59 Å². The largest absolute Gasteiger partial charge is 0.490 e. The van der Waals surface area contributed by atoms with Gasteiger partial charge in [0.25, 0.3) is 0 Å². The van der Waals surface area contributed by atoms with Crippen LogP contribution in [0.1, 0.15) is 37.2 Å². The number of carboxylic acid groups (broad SMARTS) is 2. The highest BCUT2D eigenvalue weighted by Gasteiger charge is 2.38. The number of alkyl halides is 6. The third-order valence-electron chi connectivity index (χ3n) is 5.12. The Labute approximate surface area is 181 Å². The molecule has 0 atom stereocenters. The van der Waals surface area contributed by atoms with E-state index in [2.05, 4.69) is 40.5 Å². The molecule has 1 aliphatic carbocycles. The van der Waals surface area contributed by atoms with Crippen molar-refractivity contribution in [1.82, 2.24) is 10.2 Å². The standard InChI is InChI=1S/C16H24N2.2C2HF3O2/c1-2-4-14(5-3-1)15-6-8-16(9-7-15)18-12-10-17-11-13-18;2*3-2(4,5)1(6)7/h1-5,15-17H,6-13H2;2*(H,6,7). The minimum absolute atomic E-state index is 0.811. The van der Waals surface area contributed by atoms with Crippen LogP contribution >= 0.6 is 0 Å². The van der Waals surface area contributed by atoms with Crippen LogP contribution in [-0.2, 0) is 9.59 Å². The van der Waals surface area contributed by atoms with Gasteiger partial charge in [0.1, 0.15) is 0 Å². The lowest BCUT2D eigenvalue weighted by molar-refractivity contribution is -0.193. The van der Waals surface area contributed by atoms with Gasteiger partial charge in [-0.1, -0.05) is 30.3 Å². The van der Waals surface area contributed by atoms with Crippen molar-refractivity contribution in [2.45, 2.75) is 50.0 Å². The molecule has 3 rings (SSSR count). The van der Waals surface area contributed by atoms with Crippen LogP contribution in [0.15, 0.2) is 30.3 Å². The molecule has 2 aliphatic rings. The molecule has 1 saturated carbocycles. The van der Waals surface area contributed by atoms with E-state index in [-0.39, 0.29) is 0 Å². The molecule has 6 nitrogen and oxygen atoms in total. The van der Waals surface area contributed by atoms with E-state index in [0.717, 1.165) is 12.0 Å². The summed E-state index contributed by atoms with van der Waals surface area (Å²) in [5, 5.41) is 17.7. The lowest BCUT2D eigenvalue weighted by Crippen LogP contribution is -2.49. The van der Waals surface area contributed by atoms with Gasteiger partial charge in [-0.05, 0) is 37.2 Å². The van der Waals surface area contributed by atoms with Gasteiger partial charge in [0.2, 0.25) is 0 Å². The number of aliphatic carboxylic acids is 2. The van der Waals surface area contributed by atoms with Crippen LogP contribution in [-0.4, -0.2) is 71.6 Å². The average molecular weight is 472 g/mol. The molecular weight excluding hydrogens is 446 g/mol. The van der Waals surface area contributed by atoms with E-state index in [4.69, 9.17) is 19.8 Å². The maximum absolute atomic E-state index is 10.6. The molecule has 1 aliphatic heterocycles. The number of carbonyl (C=O) groups is 2. The molecule has 2 fully saturated rings. The third-order valence-corrected chi connectivity index (χ3v) is 5.12. The molecule has 1 heterocycles. The fourth-order valence-corrected chi connectivity index (χ4v) is 3.55. The highest BCUT2D eigenvalue weighted by Crippen LogP contribution is 2.34. The summed E-state index contributed by atoms with van der Waals surface area (Å²) in [5.74, 6) is -4.70. The van der Waals surface area contributed by atoms with Crippen molar-refractivity contribution in [3.05, 3.63) is 35.9 Å². The topological polar surface area (TPSA) is 89.9 Å². The van der Waals surface area contributed by atoms with Crippen molar-refractivity contribution in [1.29, 1.82) is 0 Å². The molecule has 1 aromatic rings. The van der Waals surface area contributed by atoms with Crippen LogP contribution in [0.4, 0.5) is 26.3 Å². The normalized spacial score (nSPS) is 21.9. The fourth-order valence-electron chi connectivity index (χ4n) is 3.55. The SMILES string of the molecule is O=C(O)C(F)(F)F.O=C(O)C(F)(F)F.c1ccc(C2CCC(N3CCNCC3)CC2)cc1. The molecule has 0 spiro atoms. The van der Waals surface area contributed by atoms with Crippen molar-refractivity contribution in [3.63, 3.8) is 0 Å². The summed E-state index contributed by atoms with van der Waals surface area (Å²) in [6, 6.07) is 11.9. The second-order valence-corrected chi connectivity index (χ2v) is 7.31. The highest BCUT2D eigenvalue weighted by atomic mass is 19.4. The van der Waals surface area contributed by atoms with Crippen molar-refractivity contribution in [2.75, 3.05) is 26.2 Å². The van der Waals surface area contributed by atoms with Crippen LogP contribution in [0.3, 0.4) is 0 Å². The quantitative estimate of drug-likeness (QED) is 0.566. The Bertz CT molecular complexity index is 674. The van der Waals surface area contributed by atoms with E-state index in [0.29, 0.717) is 0 Å². The molecule has 0 unspecified atom stereocenters. The molecule has 0 aromatic heterocycles. The van der Waals surface area contributed by atoms with Crippen LogP contribution in [0.5, 0.6) is 0 Å². The maximum atomic E-state index is 10.6. The minimum Gasteiger partial charge on any atom is -0.475 e. The summed E-state index contributed by atoms with van der Waals surface area (Å²) >= 11 is 0. The first-order chi connectivity index (χ1) is 14.8. The predicted molar refractivity (Wildman–Crippen MR) is 103 cm³/mol. The summed E-state index contributed by atoms with van der Waals surface area (Å²) in [5.41, 5.74) is 1.55. The Kier molecular flexibility index (Phi) is 10.9. The first-order valence-corrected chi connectivity index (χ1v) is 9.92. The summed E-state index contributed by atoms with van der Waals surface area (Å²) in [4.78, 5) is 20.5. The zero-order valence-electron chi connectivity index (χ0n) is 17.1. The second kappa shape index (κ2) is 12.6. The molecule has 0 radical (unpaired) electrons. The zero-order chi connectivity index (χ0) is 24.4. The third kappa shape index (κ3) is 10.3. The number of halogens is 6. The van der Waals surface area contributed by atoms with Crippen molar-refractivity contribution in [2.24, 2.45) is 0 Å². The van der Waals surface area contributed by atoms with Gasteiger partial charge < -0.3 is 15.5 Å². The van der Waals surface area contributed by atoms with Crippen LogP contribution in [0.2, 0.25) is 0 Å². The van der Waals surface area contributed by atoms with Crippen LogP contribution in [0, 0.1) is 0 Å². The number of carboxylic acids is 2. The van der Waals surface area contributed by atoms with Crippen LogP contribution < -0.4 is 5.32 Å². The van der Waals surface area contributed by atoms with Crippen molar-refractivity contribution in [3.8, 4) is 0 Å². The molecule has 0 amide bonds. The Morgan fingerprint density at radius 2 is 1.22 bits per heavy atom. The number of rotatable bonds is 2. The van der Waals surface area contributed by atoms with E-state index in [1.54, 1.807) is 5.56 Å². The van der Waals surface area contributed by atoms with Crippen molar-refractivity contribution >= 4 is 11.9 Å². The number of nitrogens with one attached hydrogen (secondary N) is 1. The van der Waals surface area contributed by atoms with Gasteiger partial charge in [-0.3, -0.25) is 4.90 Å². The molecule has 1 aromatic carbocycles. The van der Waals surface area contributed by atoms with Gasteiger partial charge in [-0.2, -0.15) is 26.3 Å². The number of hydrogen-bond donors (Lipinski definition) is 3. The molecule has 182 valence electrons. The van der Waals surface area contributed by atoms with Gasteiger partial charge in [0, 0.05) is 32.2 Å². The molecule has 1 saturated heterocycles. The molecule has 3 N–H and O–H groups in total. The molecule has 12 heteroatoms. The second-order valence-electron chi connectivity index (χ2n) is 7.31. The highest BCUT2D eigenvalue weighted by molar-refractivity contribution is 5.73. The van der Waals surface area contributed by atoms with E-state index in [9.17, 15) is 26.3 Å². The van der Waals surface area contributed by atoms with E-state index in [1.807, 2.05) is 0 Å². The van der Waals surface area contributed by atoms with Gasteiger partial charge in [-0.15, -0.1) is 0 Å². The molecular formula is C20H26F6N2O4. The number of piperazine rings is 1. The van der Waals surface area contributed by atoms with Gasteiger partial charge >= 0.3 is 24.3 Å². The first kappa shape index (κ1) is 27.7. The number of nitrogens with zero attached hydrogens (tertiary/aromatic N) is 1. The number of hydrogen-bond acceptors (Lipinski definition) is 4. The monoisotopic (exact) mass is 472 g/mol. The summed E-state index contributed by atoms with van der Waals surface area (Å²) in [7, 11) is 0. The lowest BCUT2D eigenvalue weighted by atomic mass is 9.81. The summed E-state index contributed by atoms with van der Waals surface area (Å²) in [6.45, 7) is 4.86. The maximum Gasteiger partial charge on any atom is 0.490 e. The van der Waals surface area contributed by atoms with Gasteiger partial charge in [0.15, 0.2) is 0 Å². The Balaban J connectivity index is 0.000000305. The Morgan fingerprint density at radius 3 is 1.59 bits per heavy atom. The smallest absolute Gasteiger partial charge is 0.475 e. The van der Waals surface area contributed by atoms with Gasteiger partial charge in [0.05, 0.1) is 0 Å². The zero-order valence-corrected chi connectivity index (χ0v) is 17.1. The Morgan fingerprint density at radius 1 is 0.812 bits per heavy atom. The molecule has 0 bridgehead atoms. The summed E-state index contributed by atoms with van der Waals surface area (Å²) in [6.07, 6.45) is -4.64. The van der Waals surface area contributed by atoms with E-state index < -0.39 is 24.3 Å². The molecule has 32 heavy (non-hydrogen) atoms. The Hall–Kier alpha value is -2.34. The van der Waals surface area contributed by atoms with E-state index in [1.165, 1.54) is 51.9 Å². The lowest BCUT2D eigenvalue weighted by Gasteiger charge is -2.39. The minimum atomic E-state index is -5.08. The fraction of sp³-hybridized carbons (Fsp3) is 0.600. The average Bonchev–Trinajstić information content (AvgIpc) is 2.75. The van der Waals surface area contributed by atoms with Crippen molar-refractivity contribution < 1.29 is 46.1 Å². The first-order valence-electron chi connectivity index (χ1n) is 9.92. The van der Waals surface area contributed by atoms with Crippen LogP contribution in [0.25, 0.3) is 0 Å².